The van der Waals surface area contributed by atoms with Crippen molar-refractivity contribution in [1.29, 1.82) is 0 Å². The van der Waals surface area contributed by atoms with Crippen molar-refractivity contribution in [1.82, 2.24) is 4.98 Å². The summed E-state index contributed by atoms with van der Waals surface area (Å²) in [5.41, 5.74) is 5.64. The van der Waals surface area contributed by atoms with Crippen molar-refractivity contribution in [3.63, 3.8) is 0 Å². The first kappa shape index (κ1) is 21.5. The molecule has 0 atom stereocenters. The summed E-state index contributed by atoms with van der Waals surface area (Å²) >= 11 is 0. The lowest BCUT2D eigenvalue weighted by Crippen LogP contribution is -2.01. The van der Waals surface area contributed by atoms with Crippen molar-refractivity contribution < 1.29 is 19.4 Å². The second-order valence-electron chi connectivity index (χ2n) is 8.11. The Morgan fingerprint density at radius 2 is 1.78 bits per heavy atom. The molecule has 5 heteroatoms. The molecule has 0 bridgehead atoms. The summed E-state index contributed by atoms with van der Waals surface area (Å²) in [6, 6.07) is 21.7. The number of aromatic amines is 1. The lowest BCUT2D eigenvalue weighted by Gasteiger charge is -2.13. The highest BCUT2D eigenvalue weighted by Gasteiger charge is 2.19. The lowest BCUT2D eigenvalue weighted by molar-refractivity contribution is -0.136. The minimum Gasteiger partial charge on any atom is -0.493 e. The van der Waals surface area contributed by atoms with E-state index in [4.69, 9.17) is 9.47 Å². The Hall–Kier alpha value is -3.73. The van der Waals surface area contributed by atoms with Crippen LogP contribution in [-0.2, 0) is 17.8 Å². The number of para-hydroxylation sites is 1. The van der Waals surface area contributed by atoms with Gasteiger partial charge in [0.25, 0.3) is 0 Å². The first-order valence-electron chi connectivity index (χ1n) is 10.7. The number of benzene rings is 3. The standard InChI is InChI=1S/C27H27NO4/c1-17(2)20-10-7-11-21-22(15-25(29)30)26(28-27(20)21)19-12-13-23(24(14-19)31-3)32-16-18-8-5-4-6-9-18/h4-14,17,28H,15-16H2,1-3H3,(H,29,30). The number of nitrogens with one attached hydrogen (secondary N) is 1. The van der Waals surface area contributed by atoms with Crippen molar-refractivity contribution in [2.24, 2.45) is 0 Å². The van der Waals surface area contributed by atoms with Gasteiger partial charge in [0.2, 0.25) is 0 Å². The fraction of sp³-hybridized carbons (Fsp3) is 0.222. The lowest BCUT2D eigenvalue weighted by atomic mass is 9.97. The van der Waals surface area contributed by atoms with Gasteiger partial charge in [0.05, 0.1) is 19.2 Å². The molecule has 0 aliphatic rings. The molecule has 0 fully saturated rings. The predicted molar refractivity (Wildman–Crippen MR) is 126 cm³/mol. The van der Waals surface area contributed by atoms with Crippen molar-refractivity contribution in [3.05, 3.63) is 83.4 Å². The van der Waals surface area contributed by atoms with Crippen LogP contribution < -0.4 is 9.47 Å². The quantitative estimate of drug-likeness (QED) is 0.351. The number of carboxylic acids is 1. The van der Waals surface area contributed by atoms with Crippen LogP contribution in [0.5, 0.6) is 11.5 Å². The van der Waals surface area contributed by atoms with E-state index < -0.39 is 5.97 Å². The maximum absolute atomic E-state index is 11.7. The SMILES string of the molecule is COc1cc(-c2[nH]c3c(C(C)C)cccc3c2CC(=O)O)ccc1OCc1ccccc1. The van der Waals surface area contributed by atoms with Crippen LogP contribution in [0.3, 0.4) is 0 Å². The van der Waals surface area contributed by atoms with E-state index in [0.29, 0.717) is 24.0 Å². The van der Waals surface area contributed by atoms with Crippen molar-refractivity contribution >= 4 is 16.9 Å². The summed E-state index contributed by atoms with van der Waals surface area (Å²) in [6.45, 7) is 4.70. The number of aromatic nitrogens is 1. The van der Waals surface area contributed by atoms with E-state index in [1.165, 1.54) is 0 Å². The number of fused-ring (bicyclic) bond motifs is 1. The van der Waals surface area contributed by atoms with Crippen LogP contribution in [0.2, 0.25) is 0 Å². The highest BCUT2D eigenvalue weighted by atomic mass is 16.5. The van der Waals surface area contributed by atoms with Gasteiger partial charge in [-0.3, -0.25) is 4.79 Å². The molecule has 1 aromatic heterocycles. The van der Waals surface area contributed by atoms with E-state index in [-0.39, 0.29) is 6.42 Å². The summed E-state index contributed by atoms with van der Waals surface area (Å²) in [5, 5.41) is 10.5. The molecule has 0 spiro atoms. The van der Waals surface area contributed by atoms with Crippen LogP contribution in [-0.4, -0.2) is 23.2 Å². The van der Waals surface area contributed by atoms with E-state index in [2.05, 4.69) is 24.9 Å². The van der Waals surface area contributed by atoms with E-state index >= 15 is 0 Å². The van der Waals surface area contributed by atoms with E-state index in [1.54, 1.807) is 7.11 Å². The van der Waals surface area contributed by atoms with Gasteiger partial charge < -0.3 is 19.6 Å². The zero-order valence-corrected chi connectivity index (χ0v) is 18.5. The fourth-order valence-electron chi connectivity index (χ4n) is 4.04. The van der Waals surface area contributed by atoms with Crippen LogP contribution in [0.4, 0.5) is 0 Å². The monoisotopic (exact) mass is 429 g/mol. The Morgan fingerprint density at radius 3 is 2.47 bits per heavy atom. The van der Waals surface area contributed by atoms with Gasteiger partial charge in [0, 0.05) is 16.5 Å². The third-order valence-electron chi connectivity index (χ3n) is 5.61. The molecule has 5 nitrogen and oxygen atoms in total. The Balaban J connectivity index is 1.76. The van der Waals surface area contributed by atoms with Crippen molar-refractivity contribution in [2.75, 3.05) is 7.11 Å². The summed E-state index contributed by atoms with van der Waals surface area (Å²) in [7, 11) is 1.61. The molecular formula is C27H27NO4. The maximum Gasteiger partial charge on any atom is 0.307 e. The average Bonchev–Trinajstić information content (AvgIpc) is 3.16. The number of H-pyrrole nitrogens is 1. The number of carbonyl (C=O) groups is 1. The predicted octanol–water partition coefficient (Wildman–Crippen LogP) is 6.17. The topological polar surface area (TPSA) is 71.6 Å². The van der Waals surface area contributed by atoms with Gasteiger partial charge in [-0.15, -0.1) is 0 Å². The van der Waals surface area contributed by atoms with Crippen molar-refractivity contribution in [2.45, 2.75) is 32.8 Å². The second kappa shape index (κ2) is 9.18. The largest absolute Gasteiger partial charge is 0.493 e. The highest BCUT2D eigenvalue weighted by molar-refractivity contribution is 5.96. The molecule has 0 saturated carbocycles. The minimum absolute atomic E-state index is 0.0640. The van der Waals surface area contributed by atoms with Crippen LogP contribution in [0.1, 0.15) is 36.5 Å². The molecule has 0 unspecified atom stereocenters. The Kier molecular flexibility index (Phi) is 6.17. The molecule has 4 aromatic rings. The zero-order chi connectivity index (χ0) is 22.7. The fourth-order valence-corrected chi connectivity index (χ4v) is 4.04. The van der Waals surface area contributed by atoms with Gasteiger partial charge in [0.1, 0.15) is 6.61 Å². The Bertz CT molecular complexity index is 1240. The number of methoxy groups -OCH3 is 1. The van der Waals surface area contributed by atoms with Crippen LogP contribution in [0.25, 0.3) is 22.2 Å². The molecule has 2 N–H and O–H groups in total. The Labute approximate surface area is 187 Å². The number of hydrogen-bond donors (Lipinski definition) is 2. The molecule has 0 radical (unpaired) electrons. The second-order valence-corrected chi connectivity index (χ2v) is 8.11. The Morgan fingerprint density at radius 1 is 1.00 bits per heavy atom. The van der Waals surface area contributed by atoms with Crippen LogP contribution in [0.15, 0.2) is 66.7 Å². The maximum atomic E-state index is 11.7. The van der Waals surface area contributed by atoms with E-state index in [1.807, 2.05) is 60.7 Å². The van der Waals surface area contributed by atoms with Crippen LogP contribution in [0, 0.1) is 0 Å². The smallest absolute Gasteiger partial charge is 0.307 e. The first-order valence-corrected chi connectivity index (χ1v) is 10.7. The summed E-state index contributed by atoms with van der Waals surface area (Å²) in [5.74, 6) is 0.685. The van der Waals surface area contributed by atoms with Crippen LogP contribution >= 0.6 is 0 Å². The summed E-state index contributed by atoms with van der Waals surface area (Å²) < 4.78 is 11.6. The third kappa shape index (κ3) is 4.33. The number of ether oxygens (including phenoxy) is 2. The van der Waals surface area contributed by atoms with Gasteiger partial charge in [0.15, 0.2) is 11.5 Å². The normalized spacial score (nSPS) is 11.1. The van der Waals surface area contributed by atoms with Gasteiger partial charge in [-0.05, 0) is 40.8 Å². The third-order valence-corrected chi connectivity index (χ3v) is 5.61. The van der Waals surface area contributed by atoms with E-state index in [0.717, 1.165) is 38.9 Å². The molecule has 164 valence electrons. The van der Waals surface area contributed by atoms with Gasteiger partial charge in [-0.1, -0.05) is 62.4 Å². The summed E-state index contributed by atoms with van der Waals surface area (Å²) in [6.07, 6.45) is -0.0640. The first-order chi connectivity index (χ1) is 15.5. The molecule has 4 rings (SSSR count). The molecule has 0 amide bonds. The van der Waals surface area contributed by atoms with Gasteiger partial charge in [-0.2, -0.15) is 0 Å². The zero-order valence-electron chi connectivity index (χ0n) is 18.5. The molecular weight excluding hydrogens is 402 g/mol. The van der Waals surface area contributed by atoms with E-state index in [9.17, 15) is 9.90 Å². The van der Waals surface area contributed by atoms with Gasteiger partial charge >= 0.3 is 5.97 Å². The molecule has 0 aliphatic carbocycles. The highest BCUT2D eigenvalue weighted by Crippen LogP contribution is 2.38. The molecule has 0 aliphatic heterocycles. The minimum atomic E-state index is -0.864. The molecule has 0 saturated heterocycles. The number of rotatable bonds is 8. The summed E-state index contributed by atoms with van der Waals surface area (Å²) in [4.78, 5) is 15.2. The molecule has 3 aromatic carbocycles. The molecule has 32 heavy (non-hydrogen) atoms. The number of hydrogen-bond acceptors (Lipinski definition) is 3. The number of carboxylic acid groups (broad SMARTS) is 1. The van der Waals surface area contributed by atoms with Gasteiger partial charge in [-0.25, -0.2) is 0 Å². The average molecular weight is 430 g/mol. The number of aliphatic carboxylic acids is 1. The van der Waals surface area contributed by atoms with Crippen molar-refractivity contribution in [3.8, 4) is 22.8 Å². The molecule has 1 heterocycles.